The molecule has 134 valence electrons. The summed E-state index contributed by atoms with van der Waals surface area (Å²) in [5.41, 5.74) is 2.58. The number of carbonyl (C=O) groups excluding carboxylic acids is 1. The molecule has 0 radical (unpaired) electrons. The van der Waals surface area contributed by atoms with E-state index in [0.717, 1.165) is 26.4 Å². The first-order valence-corrected chi connectivity index (χ1v) is 9.12. The molecule has 2 aromatic rings. The van der Waals surface area contributed by atoms with Crippen molar-refractivity contribution < 1.29 is 14.3 Å². The molecule has 0 aliphatic rings. The summed E-state index contributed by atoms with van der Waals surface area (Å²) in [4.78, 5) is 12.1. The zero-order chi connectivity index (χ0) is 18.4. The minimum atomic E-state index is -0.0735. The number of ether oxygens (including phenoxy) is 2. The van der Waals surface area contributed by atoms with E-state index in [0.29, 0.717) is 30.9 Å². The molecule has 0 aliphatic carbocycles. The zero-order valence-electron chi connectivity index (χ0n) is 14.5. The van der Waals surface area contributed by atoms with Gasteiger partial charge in [0, 0.05) is 11.4 Å². The fraction of sp³-hybridized carbons (Fsp3) is 0.316. The highest BCUT2D eigenvalue weighted by Gasteiger charge is 2.11. The Morgan fingerprint density at radius 1 is 1.24 bits per heavy atom. The van der Waals surface area contributed by atoms with Gasteiger partial charge in [0.2, 0.25) is 5.91 Å². The van der Waals surface area contributed by atoms with Gasteiger partial charge in [0.15, 0.2) is 0 Å². The maximum atomic E-state index is 12.1. The molecule has 4 nitrogen and oxygen atoms in total. The van der Waals surface area contributed by atoms with Crippen LogP contribution >= 0.6 is 27.5 Å². The number of rotatable bonds is 7. The monoisotopic (exact) mass is 425 g/mol. The molecule has 0 unspecified atom stereocenters. The first kappa shape index (κ1) is 19.6. The van der Waals surface area contributed by atoms with E-state index in [9.17, 15) is 4.79 Å². The van der Waals surface area contributed by atoms with Crippen molar-refractivity contribution in [1.29, 1.82) is 0 Å². The summed E-state index contributed by atoms with van der Waals surface area (Å²) in [5, 5.41) is 3.58. The van der Waals surface area contributed by atoms with E-state index in [1.54, 1.807) is 13.2 Å². The van der Waals surface area contributed by atoms with E-state index in [1.165, 1.54) is 0 Å². The van der Waals surface area contributed by atoms with Gasteiger partial charge < -0.3 is 14.8 Å². The van der Waals surface area contributed by atoms with Crippen LogP contribution in [0, 0.1) is 13.8 Å². The molecule has 1 amide bonds. The van der Waals surface area contributed by atoms with Gasteiger partial charge in [-0.05, 0) is 65.5 Å². The molecule has 0 saturated heterocycles. The van der Waals surface area contributed by atoms with Crippen molar-refractivity contribution in [2.45, 2.75) is 26.7 Å². The smallest absolute Gasteiger partial charge is 0.224 e. The van der Waals surface area contributed by atoms with Gasteiger partial charge in [-0.2, -0.15) is 0 Å². The number of methoxy groups -OCH3 is 1. The van der Waals surface area contributed by atoms with Gasteiger partial charge in [0.1, 0.15) is 11.5 Å². The highest BCUT2D eigenvalue weighted by Crippen LogP contribution is 2.35. The second-order valence-electron chi connectivity index (χ2n) is 5.65. The lowest BCUT2D eigenvalue weighted by molar-refractivity contribution is -0.116. The molecule has 1 N–H and O–H groups in total. The third-order valence-electron chi connectivity index (χ3n) is 3.76. The third kappa shape index (κ3) is 5.13. The van der Waals surface area contributed by atoms with Crippen LogP contribution in [0.5, 0.6) is 11.5 Å². The highest BCUT2D eigenvalue weighted by molar-refractivity contribution is 9.10. The van der Waals surface area contributed by atoms with Crippen LogP contribution in [0.25, 0.3) is 0 Å². The van der Waals surface area contributed by atoms with Crippen LogP contribution in [0.4, 0.5) is 5.69 Å². The number of aryl methyl sites for hydroxylation is 1. The third-order valence-corrected chi connectivity index (χ3v) is 5.32. The molecule has 0 atom stereocenters. The van der Waals surface area contributed by atoms with Crippen LogP contribution in [0.2, 0.25) is 5.02 Å². The Bertz CT molecular complexity index is 765. The largest absolute Gasteiger partial charge is 0.495 e. The number of benzene rings is 2. The SMILES string of the molecule is COc1ccccc1NC(=O)CCCOc1cc(C)c(Cl)c(C)c1Br. The lowest BCUT2D eigenvalue weighted by Crippen LogP contribution is -2.13. The minimum absolute atomic E-state index is 0.0735. The molecule has 25 heavy (non-hydrogen) atoms. The summed E-state index contributed by atoms with van der Waals surface area (Å²) >= 11 is 9.71. The maximum absolute atomic E-state index is 12.1. The number of halogens is 2. The molecule has 2 rings (SSSR count). The Morgan fingerprint density at radius 3 is 2.68 bits per heavy atom. The van der Waals surface area contributed by atoms with Crippen molar-refractivity contribution in [3.8, 4) is 11.5 Å². The Hall–Kier alpha value is -1.72. The first-order valence-electron chi connectivity index (χ1n) is 7.95. The van der Waals surface area contributed by atoms with E-state index in [1.807, 2.05) is 38.1 Å². The van der Waals surface area contributed by atoms with Crippen molar-refractivity contribution in [1.82, 2.24) is 0 Å². The number of hydrogen-bond acceptors (Lipinski definition) is 3. The number of para-hydroxylation sites is 2. The molecule has 0 aromatic heterocycles. The van der Waals surface area contributed by atoms with Gasteiger partial charge >= 0.3 is 0 Å². The van der Waals surface area contributed by atoms with Gasteiger partial charge in [-0.15, -0.1) is 0 Å². The van der Waals surface area contributed by atoms with Crippen LogP contribution in [-0.4, -0.2) is 19.6 Å². The highest BCUT2D eigenvalue weighted by atomic mass is 79.9. The van der Waals surface area contributed by atoms with Gasteiger partial charge in [0.05, 0.1) is 23.9 Å². The van der Waals surface area contributed by atoms with Crippen LogP contribution in [-0.2, 0) is 4.79 Å². The standard InChI is InChI=1S/C19H21BrClNO3/c1-12-11-16(18(20)13(2)19(12)21)25-10-6-9-17(23)22-14-7-4-5-8-15(14)24-3/h4-5,7-8,11H,6,9-10H2,1-3H3,(H,22,23). The Morgan fingerprint density at radius 2 is 1.96 bits per heavy atom. The van der Waals surface area contributed by atoms with E-state index < -0.39 is 0 Å². The average Bonchev–Trinajstić information content (AvgIpc) is 2.61. The molecular weight excluding hydrogens is 406 g/mol. The quantitative estimate of drug-likeness (QED) is 0.593. The fourth-order valence-electron chi connectivity index (χ4n) is 2.38. The Labute approximate surface area is 161 Å². The predicted molar refractivity (Wildman–Crippen MR) is 105 cm³/mol. The minimum Gasteiger partial charge on any atom is -0.495 e. The lowest BCUT2D eigenvalue weighted by atomic mass is 10.1. The zero-order valence-corrected chi connectivity index (χ0v) is 16.8. The first-order chi connectivity index (χ1) is 11.9. The van der Waals surface area contributed by atoms with Gasteiger partial charge in [-0.3, -0.25) is 4.79 Å². The van der Waals surface area contributed by atoms with Crippen molar-refractivity contribution in [3.63, 3.8) is 0 Å². The fourth-order valence-corrected chi connectivity index (χ4v) is 3.07. The van der Waals surface area contributed by atoms with E-state index >= 15 is 0 Å². The number of carbonyl (C=O) groups is 1. The van der Waals surface area contributed by atoms with E-state index in [2.05, 4.69) is 21.2 Å². The van der Waals surface area contributed by atoms with E-state index in [-0.39, 0.29) is 5.91 Å². The molecule has 0 aliphatic heterocycles. The van der Waals surface area contributed by atoms with Gasteiger partial charge in [0.25, 0.3) is 0 Å². The Balaban J connectivity index is 1.84. The van der Waals surface area contributed by atoms with Crippen LogP contribution in [0.3, 0.4) is 0 Å². The summed E-state index contributed by atoms with van der Waals surface area (Å²) in [6, 6.07) is 9.22. The van der Waals surface area contributed by atoms with Gasteiger partial charge in [-0.25, -0.2) is 0 Å². The lowest BCUT2D eigenvalue weighted by Gasteiger charge is -2.13. The number of amides is 1. The molecule has 6 heteroatoms. The Kier molecular flexibility index (Phi) is 7.14. The van der Waals surface area contributed by atoms with Gasteiger partial charge in [-0.1, -0.05) is 23.7 Å². The number of anilines is 1. The van der Waals surface area contributed by atoms with Crippen molar-refractivity contribution in [2.24, 2.45) is 0 Å². The average molecular weight is 427 g/mol. The van der Waals surface area contributed by atoms with Crippen molar-refractivity contribution in [3.05, 3.63) is 51.0 Å². The van der Waals surface area contributed by atoms with Crippen LogP contribution < -0.4 is 14.8 Å². The molecule has 0 fully saturated rings. The molecule has 2 aromatic carbocycles. The van der Waals surface area contributed by atoms with Crippen molar-refractivity contribution in [2.75, 3.05) is 19.0 Å². The summed E-state index contributed by atoms with van der Waals surface area (Å²) in [5.74, 6) is 1.31. The van der Waals surface area contributed by atoms with E-state index in [4.69, 9.17) is 21.1 Å². The molecule has 0 spiro atoms. The molecule has 0 heterocycles. The number of nitrogens with one attached hydrogen (secondary N) is 1. The normalized spacial score (nSPS) is 10.4. The van der Waals surface area contributed by atoms with Crippen LogP contribution in [0.15, 0.2) is 34.8 Å². The molecular formula is C19H21BrClNO3. The summed E-state index contributed by atoms with van der Waals surface area (Å²) < 4.78 is 11.9. The second-order valence-corrected chi connectivity index (χ2v) is 6.82. The predicted octanol–water partition coefficient (Wildman–Crippen LogP) is 5.53. The maximum Gasteiger partial charge on any atom is 0.224 e. The van der Waals surface area contributed by atoms with Crippen LogP contribution in [0.1, 0.15) is 24.0 Å². The topological polar surface area (TPSA) is 47.6 Å². The summed E-state index contributed by atoms with van der Waals surface area (Å²) in [7, 11) is 1.58. The summed E-state index contributed by atoms with van der Waals surface area (Å²) in [6.45, 7) is 4.32. The van der Waals surface area contributed by atoms with Crippen molar-refractivity contribution >= 4 is 39.1 Å². The summed E-state index contributed by atoms with van der Waals surface area (Å²) in [6.07, 6.45) is 0.968. The number of hydrogen-bond donors (Lipinski definition) is 1. The molecule has 0 bridgehead atoms. The molecule has 0 saturated carbocycles. The second kappa shape index (κ2) is 9.11.